The maximum atomic E-state index is 12.9. The molecule has 0 bridgehead atoms. The summed E-state index contributed by atoms with van der Waals surface area (Å²) in [6.07, 6.45) is 9.72. The molecule has 1 aromatic rings. The standard InChI is InChI=1S/C18H24O3.C6H5Cl.C2H6/c1-4-9-14-13(5-2)16(19)15(18(21-3)17(14)20)12-10-7-6-8-11-12;7-6-4-2-1-3-5-6;1-2/h5,9,12H,4,6-8,10-11H2,1-3H3;1-5H;1-2H3/b13-5+,14-9+;;. The normalized spacial score (nSPS) is 19.8. The molecule has 0 atom stereocenters. The highest BCUT2D eigenvalue weighted by molar-refractivity contribution is 6.30. The molecule has 0 unspecified atom stereocenters. The van der Waals surface area contributed by atoms with Gasteiger partial charge in [-0.15, -0.1) is 0 Å². The van der Waals surface area contributed by atoms with E-state index >= 15 is 0 Å². The van der Waals surface area contributed by atoms with Crippen molar-refractivity contribution < 1.29 is 14.3 Å². The Morgan fingerprint density at radius 1 is 1.00 bits per heavy atom. The minimum Gasteiger partial charge on any atom is -0.492 e. The van der Waals surface area contributed by atoms with Crippen LogP contribution in [0.25, 0.3) is 0 Å². The summed E-state index contributed by atoms with van der Waals surface area (Å²) < 4.78 is 5.35. The Morgan fingerprint density at radius 3 is 2.03 bits per heavy atom. The third kappa shape index (κ3) is 6.70. The quantitative estimate of drug-likeness (QED) is 0.473. The van der Waals surface area contributed by atoms with Gasteiger partial charge in [-0.2, -0.15) is 0 Å². The monoisotopic (exact) mass is 430 g/mol. The lowest BCUT2D eigenvalue weighted by molar-refractivity contribution is -0.119. The Kier molecular flexibility index (Phi) is 12.1. The van der Waals surface area contributed by atoms with Crippen LogP contribution in [0.5, 0.6) is 0 Å². The van der Waals surface area contributed by atoms with Crippen molar-refractivity contribution in [3.8, 4) is 0 Å². The smallest absolute Gasteiger partial charge is 0.228 e. The number of hydrogen-bond acceptors (Lipinski definition) is 3. The van der Waals surface area contributed by atoms with Crippen LogP contribution in [0.2, 0.25) is 5.02 Å². The van der Waals surface area contributed by atoms with Gasteiger partial charge in [-0.05, 0) is 44.2 Å². The lowest BCUT2D eigenvalue weighted by atomic mass is 9.75. The summed E-state index contributed by atoms with van der Waals surface area (Å²) in [5, 5.41) is 0.794. The molecule has 2 aliphatic rings. The van der Waals surface area contributed by atoms with E-state index in [1.165, 1.54) is 13.5 Å². The molecule has 0 spiro atoms. The van der Waals surface area contributed by atoms with Gasteiger partial charge in [-0.25, -0.2) is 0 Å². The second-order valence-corrected chi connectivity index (χ2v) is 7.40. The highest BCUT2D eigenvalue weighted by Crippen LogP contribution is 2.38. The van der Waals surface area contributed by atoms with E-state index < -0.39 is 0 Å². The summed E-state index contributed by atoms with van der Waals surface area (Å²) in [6, 6.07) is 9.44. The number of rotatable bonds is 3. The van der Waals surface area contributed by atoms with E-state index in [2.05, 4.69) is 0 Å². The molecule has 0 aromatic heterocycles. The predicted octanol–water partition coefficient (Wildman–Crippen LogP) is 7.27. The summed E-state index contributed by atoms with van der Waals surface area (Å²) in [5.41, 5.74) is 1.66. The fraction of sp³-hybridized carbons (Fsp3) is 0.462. The second kappa shape index (κ2) is 14.0. The molecule has 3 rings (SSSR count). The first-order valence-corrected chi connectivity index (χ1v) is 11.4. The van der Waals surface area contributed by atoms with Crippen LogP contribution < -0.4 is 0 Å². The maximum absolute atomic E-state index is 12.9. The molecule has 2 aliphatic carbocycles. The summed E-state index contributed by atoms with van der Waals surface area (Å²) >= 11 is 5.54. The van der Waals surface area contributed by atoms with Crippen molar-refractivity contribution in [1.82, 2.24) is 0 Å². The van der Waals surface area contributed by atoms with Gasteiger partial charge in [-0.1, -0.05) is 82.0 Å². The number of benzene rings is 1. The number of carbonyl (C=O) groups excluding carboxylic acids is 2. The zero-order valence-corrected chi connectivity index (χ0v) is 19.7. The van der Waals surface area contributed by atoms with Gasteiger partial charge < -0.3 is 4.74 Å². The molecule has 4 heteroatoms. The van der Waals surface area contributed by atoms with Gasteiger partial charge in [0.2, 0.25) is 5.78 Å². The molecular weight excluding hydrogens is 396 g/mol. The SMILES string of the molecule is C/C=C1/C(=O)C(C2CCCCC2)=C(OC)C(=O)/C1=C/CC.CC.Clc1ccccc1. The molecule has 3 nitrogen and oxygen atoms in total. The molecular formula is C26H35ClO3. The molecule has 0 aliphatic heterocycles. The third-order valence-electron chi connectivity index (χ3n) is 5.12. The Hall–Kier alpha value is -2.13. The summed E-state index contributed by atoms with van der Waals surface area (Å²) in [5.74, 6) is 0.300. The molecule has 164 valence electrons. The van der Waals surface area contributed by atoms with E-state index in [1.807, 2.05) is 64.1 Å². The number of allylic oxidation sites excluding steroid dienone is 5. The van der Waals surface area contributed by atoms with Crippen molar-refractivity contribution in [1.29, 1.82) is 0 Å². The van der Waals surface area contributed by atoms with Crippen LogP contribution in [-0.4, -0.2) is 18.7 Å². The maximum Gasteiger partial charge on any atom is 0.228 e. The summed E-state index contributed by atoms with van der Waals surface area (Å²) in [4.78, 5) is 25.5. The van der Waals surface area contributed by atoms with Crippen LogP contribution >= 0.6 is 11.6 Å². The van der Waals surface area contributed by atoms with Crippen molar-refractivity contribution in [2.75, 3.05) is 7.11 Å². The van der Waals surface area contributed by atoms with E-state index in [0.29, 0.717) is 16.7 Å². The van der Waals surface area contributed by atoms with Crippen molar-refractivity contribution in [2.24, 2.45) is 5.92 Å². The largest absolute Gasteiger partial charge is 0.492 e. The van der Waals surface area contributed by atoms with Crippen LogP contribution in [0.15, 0.2) is 65.0 Å². The molecule has 0 amide bonds. The minimum atomic E-state index is -0.132. The molecule has 0 N–H and O–H groups in total. The molecule has 0 heterocycles. The van der Waals surface area contributed by atoms with Gasteiger partial charge in [0, 0.05) is 21.7 Å². The van der Waals surface area contributed by atoms with Crippen LogP contribution in [0.1, 0.15) is 66.2 Å². The van der Waals surface area contributed by atoms with E-state index in [9.17, 15) is 9.59 Å². The molecule has 1 saturated carbocycles. The van der Waals surface area contributed by atoms with Gasteiger partial charge in [0.1, 0.15) is 0 Å². The van der Waals surface area contributed by atoms with E-state index in [-0.39, 0.29) is 23.2 Å². The number of hydrogen-bond donors (Lipinski definition) is 0. The number of halogens is 1. The summed E-state index contributed by atoms with van der Waals surface area (Å²) in [7, 11) is 1.49. The average molecular weight is 431 g/mol. The third-order valence-corrected chi connectivity index (χ3v) is 5.37. The van der Waals surface area contributed by atoms with E-state index in [4.69, 9.17) is 16.3 Å². The van der Waals surface area contributed by atoms with Crippen molar-refractivity contribution in [3.05, 3.63) is 70.0 Å². The molecule has 1 aromatic carbocycles. The predicted molar refractivity (Wildman–Crippen MR) is 126 cm³/mol. The van der Waals surface area contributed by atoms with Gasteiger partial charge in [-0.3, -0.25) is 9.59 Å². The Morgan fingerprint density at radius 2 is 1.60 bits per heavy atom. The Bertz CT molecular complexity index is 782. The Balaban J connectivity index is 0.000000418. The van der Waals surface area contributed by atoms with Gasteiger partial charge in [0.25, 0.3) is 0 Å². The number of ether oxygens (including phenoxy) is 1. The van der Waals surface area contributed by atoms with Gasteiger partial charge in [0.15, 0.2) is 11.5 Å². The first kappa shape index (κ1) is 25.9. The highest BCUT2D eigenvalue weighted by Gasteiger charge is 2.38. The van der Waals surface area contributed by atoms with Crippen LogP contribution in [0.4, 0.5) is 0 Å². The van der Waals surface area contributed by atoms with E-state index in [1.54, 1.807) is 6.08 Å². The number of Topliss-reactive ketones (excluding diaryl/α,β-unsaturated/α-hetero) is 2. The highest BCUT2D eigenvalue weighted by atomic mass is 35.5. The Labute approximate surface area is 186 Å². The zero-order chi connectivity index (χ0) is 22.5. The minimum absolute atomic E-state index is 0.0134. The van der Waals surface area contributed by atoms with Crippen molar-refractivity contribution in [2.45, 2.75) is 66.2 Å². The topological polar surface area (TPSA) is 43.4 Å². The average Bonchev–Trinajstić information content (AvgIpc) is 2.79. The number of carbonyl (C=O) groups is 2. The lowest BCUT2D eigenvalue weighted by Gasteiger charge is -2.29. The molecule has 30 heavy (non-hydrogen) atoms. The van der Waals surface area contributed by atoms with Crippen LogP contribution in [0, 0.1) is 5.92 Å². The summed E-state index contributed by atoms with van der Waals surface area (Å²) in [6.45, 7) is 7.78. The van der Waals surface area contributed by atoms with Gasteiger partial charge >= 0.3 is 0 Å². The van der Waals surface area contributed by atoms with Crippen LogP contribution in [-0.2, 0) is 14.3 Å². The first-order valence-electron chi connectivity index (χ1n) is 11.0. The molecule has 0 radical (unpaired) electrons. The van der Waals surface area contributed by atoms with Crippen molar-refractivity contribution in [3.63, 3.8) is 0 Å². The van der Waals surface area contributed by atoms with Gasteiger partial charge in [0.05, 0.1) is 7.11 Å². The zero-order valence-electron chi connectivity index (χ0n) is 19.0. The molecule has 1 fully saturated rings. The molecule has 0 saturated heterocycles. The van der Waals surface area contributed by atoms with Crippen molar-refractivity contribution >= 4 is 23.2 Å². The first-order chi connectivity index (χ1) is 14.5. The second-order valence-electron chi connectivity index (χ2n) is 6.96. The lowest BCUT2D eigenvalue weighted by Crippen LogP contribution is -2.30. The number of methoxy groups -OCH3 is 1. The fourth-order valence-corrected chi connectivity index (χ4v) is 3.96. The fourth-order valence-electron chi connectivity index (χ4n) is 3.81. The number of ketones is 2. The van der Waals surface area contributed by atoms with Crippen LogP contribution in [0.3, 0.4) is 0 Å². The van der Waals surface area contributed by atoms with E-state index in [0.717, 1.165) is 37.1 Å².